The molecule has 1 saturated heterocycles. The molecule has 0 radical (unpaired) electrons. The lowest BCUT2D eigenvalue weighted by molar-refractivity contribution is -0.137. The Morgan fingerprint density at radius 2 is 1.92 bits per heavy atom. The predicted octanol–water partition coefficient (Wildman–Crippen LogP) is 1.58. The van der Waals surface area contributed by atoms with Gasteiger partial charge in [0.2, 0.25) is 5.91 Å². The summed E-state index contributed by atoms with van der Waals surface area (Å²) in [6.07, 6.45) is 1.84. The van der Waals surface area contributed by atoms with Crippen LogP contribution in [0, 0.1) is 26.7 Å². The molecule has 0 aliphatic carbocycles. The maximum atomic E-state index is 12.8. The molecule has 140 valence electrons. The lowest BCUT2D eigenvalue weighted by atomic mass is 10.1. The highest BCUT2D eigenvalue weighted by atomic mass is 16.2. The van der Waals surface area contributed by atoms with Gasteiger partial charge in [-0.05, 0) is 32.4 Å². The van der Waals surface area contributed by atoms with Gasteiger partial charge in [0.15, 0.2) is 0 Å². The summed E-state index contributed by atoms with van der Waals surface area (Å²) in [5, 5.41) is 4.36. The first kappa shape index (κ1) is 18.5. The van der Waals surface area contributed by atoms with Crippen LogP contribution in [0.15, 0.2) is 18.3 Å². The second-order valence-corrected chi connectivity index (χ2v) is 7.16. The van der Waals surface area contributed by atoms with Gasteiger partial charge in [-0.2, -0.15) is 5.10 Å². The van der Waals surface area contributed by atoms with Crippen molar-refractivity contribution in [2.75, 3.05) is 26.2 Å². The van der Waals surface area contributed by atoms with Crippen molar-refractivity contribution in [2.24, 2.45) is 5.92 Å². The molecule has 1 aliphatic heterocycles. The minimum absolute atomic E-state index is 0.0978. The third kappa shape index (κ3) is 4.27. The van der Waals surface area contributed by atoms with Gasteiger partial charge >= 0.3 is 0 Å². The standard InChI is InChI=1S/C19H28N6O/c1-14-6-5-7-20-18(14)13-23-8-10-24(11-9-23)19(26)15(2)12-25-17(4)21-16(3)22-25/h5-7,15H,8-13H2,1-4H3/t15-/m0/s1. The van der Waals surface area contributed by atoms with Crippen molar-refractivity contribution < 1.29 is 4.79 Å². The summed E-state index contributed by atoms with van der Waals surface area (Å²) in [6.45, 7) is 12.6. The van der Waals surface area contributed by atoms with Crippen molar-refractivity contribution in [3.63, 3.8) is 0 Å². The lowest BCUT2D eigenvalue weighted by Crippen LogP contribution is -2.50. The van der Waals surface area contributed by atoms with Crippen LogP contribution in [0.2, 0.25) is 0 Å². The Balaban J connectivity index is 1.51. The molecule has 1 aliphatic rings. The van der Waals surface area contributed by atoms with Crippen molar-refractivity contribution in [2.45, 2.75) is 40.8 Å². The first-order valence-corrected chi connectivity index (χ1v) is 9.23. The molecule has 0 N–H and O–H groups in total. The summed E-state index contributed by atoms with van der Waals surface area (Å²) < 4.78 is 1.83. The summed E-state index contributed by atoms with van der Waals surface area (Å²) in [7, 11) is 0. The number of carbonyl (C=O) groups is 1. The van der Waals surface area contributed by atoms with Gasteiger partial charge in [-0.3, -0.25) is 14.7 Å². The molecule has 1 atom stereocenters. The van der Waals surface area contributed by atoms with Gasteiger partial charge in [-0.15, -0.1) is 0 Å². The smallest absolute Gasteiger partial charge is 0.227 e. The zero-order valence-electron chi connectivity index (χ0n) is 16.1. The summed E-state index contributed by atoms with van der Waals surface area (Å²) in [5.74, 6) is 1.71. The monoisotopic (exact) mass is 356 g/mol. The number of carbonyl (C=O) groups excluding carboxylic acids is 1. The van der Waals surface area contributed by atoms with Crippen LogP contribution in [0.25, 0.3) is 0 Å². The molecular weight excluding hydrogens is 328 g/mol. The lowest BCUT2D eigenvalue weighted by Gasteiger charge is -2.36. The van der Waals surface area contributed by atoms with Crippen LogP contribution >= 0.6 is 0 Å². The molecule has 2 aromatic rings. The van der Waals surface area contributed by atoms with Gasteiger partial charge in [-0.1, -0.05) is 13.0 Å². The van der Waals surface area contributed by atoms with E-state index in [1.165, 1.54) is 5.56 Å². The van der Waals surface area contributed by atoms with E-state index in [0.29, 0.717) is 6.54 Å². The van der Waals surface area contributed by atoms with Crippen molar-refractivity contribution in [1.29, 1.82) is 0 Å². The summed E-state index contributed by atoms with van der Waals surface area (Å²) in [5.41, 5.74) is 2.34. The number of hydrogen-bond donors (Lipinski definition) is 0. The van der Waals surface area contributed by atoms with E-state index in [1.807, 2.05) is 42.6 Å². The first-order chi connectivity index (χ1) is 12.4. The second-order valence-electron chi connectivity index (χ2n) is 7.16. The molecule has 0 saturated carbocycles. The minimum Gasteiger partial charge on any atom is -0.340 e. The molecule has 3 rings (SSSR count). The third-order valence-corrected chi connectivity index (χ3v) is 5.01. The van der Waals surface area contributed by atoms with Gasteiger partial charge < -0.3 is 4.90 Å². The number of hydrogen-bond acceptors (Lipinski definition) is 5. The fourth-order valence-electron chi connectivity index (χ4n) is 3.41. The van der Waals surface area contributed by atoms with Crippen LogP contribution in [0.5, 0.6) is 0 Å². The van der Waals surface area contributed by atoms with Gasteiger partial charge in [0.25, 0.3) is 0 Å². The zero-order chi connectivity index (χ0) is 18.7. The molecular formula is C19H28N6O. The molecule has 26 heavy (non-hydrogen) atoms. The molecule has 1 fully saturated rings. The molecule has 3 heterocycles. The van der Waals surface area contributed by atoms with Crippen LogP contribution < -0.4 is 0 Å². The van der Waals surface area contributed by atoms with Crippen molar-refractivity contribution in [3.8, 4) is 0 Å². The van der Waals surface area contributed by atoms with Crippen molar-refractivity contribution >= 4 is 5.91 Å². The number of amides is 1. The Morgan fingerprint density at radius 1 is 1.19 bits per heavy atom. The molecule has 0 bridgehead atoms. The van der Waals surface area contributed by atoms with Crippen molar-refractivity contribution in [1.82, 2.24) is 29.5 Å². The summed E-state index contributed by atoms with van der Waals surface area (Å²) in [4.78, 5) is 25.9. The van der Waals surface area contributed by atoms with Crippen molar-refractivity contribution in [3.05, 3.63) is 41.2 Å². The predicted molar refractivity (Wildman–Crippen MR) is 99.5 cm³/mol. The molecule has 7 nitrogen and oxygen atoms in total. The summed E-state index contributed by atoms with van der Waals surface area (Å²) in [6, 6.07) is 4.06. The van der Waals surface area contributed by atoms with E-state index in [1.54, 1.807) is 0 Å². The Labute approximate surface area is 155 Å². The van der Waals surface area contributed by atoms with Gasteiger partial charge in [0.05, 0.1) is 18.2 Å². The highest BCUT2D eigenvalue weighted by Crippen LogP contribution is 2.13. The van der Waals surface area contributed by atoms with Crippen LogP contribution in [0.1, 0.15) is 29.8 Å². The van der Waals surface area contributed by atoms with E-state index >= 15 is 0 Å². The fourth-order valence-corrected chi connectivity index (χ4v) is 3.41. The number of piperazine rings is 1. The quantitative estimate of drug-likeness (QED) is 0.814. The normalized spacial score (nSPS) is 16.7. The number of rotatable bonds is 5. The fraction of sp³-hybridized carbons (Fsp3) is 0.579. The van der Waals surface area contributed by atoms with E-state index in [-0.39, 0.29) is 11.8 Å². The molecule has 2 aromatic heterocycles. The van der Waals surface area contributed by atoms with E-state index in [9.17, 15) is 4.79 Å². The molecule has 0 spiro atoms. The Morgan fingerprint density at radius 3 is 2.54 bits per heavy atom. The topological polar surface area (TPSA) is 67.2 Å². The number of aryl methyl sites for hydroxylation is 3. The number of aromatic nitrogens is 4. The minimum atomic E-state index is -0.0978. The SMILES string of the molecule is Cc1nc(C)n(C[C@H](C)C(=O)N2CCN(Cc3ncccc3C)CC2)n1. The highest BCUT2D eigenvalue weighted by Gasteiger charge is 2.26. The zero-order valence-corrected chi connectivity index (χ0v) is 16.1. The van der Waals surface area contributed by atoms with Crippen LogP contribution in [0.4, 0.5) is 0 Å². The molecule has 7 heteroatoms. The van der Waals surface area contributed by atoms with Crippen LogP contribution in [-0.4, -0.2) is 61.6 Å². The maximum Gasteiger partial charge on any atom is 0.227 e. The van der Waals surface area contributed by atoms with Crippen LogP contribution in [0.3, 0.4) is 0 Å². The molecule has 0 unspecified atom stereocenters. The van der Waals surface area contributed by atoms with E-state index in [0.717, 1.165) is 50.1 Å². The van der Waals surface area contributed by atoms with E-state index < -0.39 is 0 Å². The number of pyridine rings is 1. The Hall–Kier alpha value is -2.28. The highest BCUT2D eigenvalue weighted by molar-refractivity contribution is 5.78. The average Bonchev–Trinajstić information content (AvgIpc) is 2.94. The first-order valence-electron chi connectivity index (χ1n) is 9.23. The largest absolute Gasteiger partial charge is 0.340 e. The van der Waals surface area contributed by atoms with E-state index in [2.05, 4.69) is 33.0 Å². The van der Waals surface area contributed by atoms with Crippen LogP contribution in [-0.2, 0) is 17.9 Å². The number of nitrogens with zero attached hydrogens (tertiary/aromatic N) is 6. The maximum absolute atomic E-state index is 12.8. The van der Waals surface area contributed by atoms with Gasteiger partial charge in [0.1, 0.15) is 11.6 Å². The molecule has 0 aromatic carbocycles. The average molecular weight is 356 g/mol. The third-order valence-electron chi connectivity index (χ3n) is 5.01. The van der Waals surface area contributed by atoms with Gasteiger partial charge in [0, 0.05) is 38.9 Å². The summed E-state index contributed by atoms with van der Waals surface area (Å²) >= 11 is 0. The van der Waals surface area contributed by atoms with Gasteiger partial charge in [-0.25, -0.2) is 9.67 Å². The second kappa shape index (κ2) is 7.95. The van der Waals surface area contributed by atoms with E-state index in [4.69, 9.17) is 0 Å². The Kier molecular flexibility index (Phi) is 5.66. The Bertz CT molecular complexity index is 763. The molecule has 1 amide bonds.